The Morgan fingerprint density at radius 2 is 2.17 bits per heavy atom. The highest BCUT2D eigenvalue weighted by molar-refractivity contribution is 4.95. The molecule has 1 aromatic rings. The van der Waals surface area contributed by atoms with Crippen molar-refractivity contribution in [1.82, 2.24) is 0 Å². The van der Waals surface area contributed by atoms with Gasteiger partial charge in [0.05, 0.1) is 6.61 Å². The lowest BCUT2D eigenvalue weighted by atomic mass is 10.1. The van der Waals surface area contributed by atoms with Crippen LogP contribution < -0.4 is 4.57 Å². The molecule has 0 saturated carbocycles. The number of nitrogens with zero attached hydrogens (tertiary/aromatic N) is 1. The molecule has 0 radical (unpaired) electrons. The molecule has 3 atom stereocenters. The van der Waals surface area contributed by atoms with E-state index in [1.54, 1.807) is 0 Å². The average Bonchev–Trinajstić information content (AvgIpc) is 2.78. The van der Waals surface area contributed by atoms with Gasteiger partial charge in [0.25, 0.3) is 0 Å². The van der Waals surface area contributed by atoms with Crippen LogP contribution in [0.15, 0.2) is 24.4 Å². The van der Waals surface area contributed by atoms with E-state index in [-0.39, 0.29) is 18.3 Å². The first-order chi connectivity index (χ1) is 8.55. The summed E-state index contributed by atoms with van der Waals surface area (Å²) in [7, 11) is 0. The molecule has 0 aromatic carbocycles. The molecule has 2 aliphatic rings. The maximum Gasteiger partial charge on any atom is 0.178 e. The monoisotopic (exact) mass is 250 g/mol. The lowest BCUT2D eigenvalue weighted by molar-refractivity contribution is -0.710. The molecule has 3 rings (SSSR count). The van der Waals surface area contributed by atoms with Crippen LogP contribution in [0.3, 0.4) is 0 Å². The highest BCUT2D eigenvalue weighted by atomic mass is 16.8. The Morgan fingerprint density at radius 3 is 2.94 bits per heavy atom. The fourth-order valence-corrected chi connectivity index (χ4v) is 2.74. The summed E-state index contributed by atoms with van der Waals surface area (Å²) in [6.45, 7) is 7.47. The Bertz CT molecular complexity index is 446. The Morgan fingerprint density at radius 1 is 1.33 bits per heavy atom. The third kappa shape index (κ3) is 2.16. The molecule has 2 saturated heterocycles. The standard InChI is InChI=1S/C14H20NO3/c1-10-6-4-5-7-15(10)8-11-13-12(9-16-11)17-14(2,3)18-13/h4-7,11-13H,8-9H2,1-3H3/q+1/t11-,12+,13-/m1/s1. The lowest BCUT2D eigenvalue weighted by Gasteiger charge is -2.20. The maximum atomic E-state index is 5.94. The molecule has 0 bridgehead atoms. The summed E-state index contributed by atoms with van der Waals surface area (Å²) >= 11 is 0. The predicted molar refractivity (Wildman–Crippen MR) is 64.9 cm³/mol. The Balaban J connectivity index is 1.73. The van der Waals surface area contributed by atoms with Gasteiger partial charge >= 0.3 is 0 Å². The van der Waals surface area contributed by atoms with Gasteiger partial charge in [-0.25, -0.2) is 0 Å². The first-order valence-corrected chi connectivity index (χ1v) is 6.47. The van der Waals surface area contributed by atoms with E-state index < -0.39 is 5.79 Å². The number of aryl methyl sites for hydroxylation is 1. The number of pyridine rings is 1. The summed E-state index contributed by atoms with van der Waals surface area (Å²) in [6, 6.07) is 6.18. The summed E-state index contributed by atoms with van der Waals surface area (Å²) in [5.41, 5.74) is 1.22. The normalized spacial score (nSPS) is 33.6. The van der Waals surface area contributed by atoms with Crippen LogP contribution in [-0.2, 0) is 20.8 Å². The van der Waals surface area contributed by atoms with Crippen molar-refractivity contribution >= 4 is 0 Å². The van der Waals surface area contributed by atoms with E-state index in [1.165, 1.54) is 5.69 Å². The second-order valence-corrected chi connectivity index (χ2v) is 5.50. The molecular weight excluding hydrogens is 230 g/mol. The number of fused-ring (bicyclic) bond motifs is 1. The van der Waals surface area contributed by atoms with Gasteiger partial charge in [0, 0.05) is 19.1 Å². The lowest BCUT2D eigenvalue weighted by Crippen LogP contribution is -2.46. The topological polar surface area (TPSA) is 31.6 Å². The van der Waals surface area contributed by atoms with Crippen LogP contribution in [-0.4, -0.2) is 30.7 Å². The molecule has 0 unspecified atom stereocenters. The molecule has 2 aliphatic heterocycles. The number of rotatable bonds is 2. The molecule has 1 aromatic heterocycles. The summed E-state index contributed by atoms with van der Waals surface area (Å²) in [4.78, 5) is 0. The highest BCUT2D eigenvalue weighted by Crippen LogP contribution is 2.35. The fraction of sp³-hybridized carbons (Fsp3) is 0.643. The van der Waals surface area contributed by atoms with Crippen LogP contribution in [0.25, 0.3) is 0 Å². The van der Waals surface area contributed by atoms with Crippen molar-refractivity contribution in [1.29, 1.82) is 0 Å². The van der Waals surface area contributed by atoms with Gasteiger partial charge in [-0.3, -0.25) is 0 Å². The fourth-order valence-electron chi connectivity index (χ4n) is 2.74. The molecule has 4 nitrogen and oxygen atoms in total. The van der Waals surface area contributed by atoms with Gasteiger partial charge in [0.2, 0.25) is 0 Å². The van der Waals surface area contributed by atoms with Crippen molar-refractivity contribution in [3.63, 3.8) is 0 Å². The van der Waals surface area contributed by atoms with Crippen LogP contribution in [0.1, 0.15) is 19.5 Å². The number of ether oxygens (including phenoxy) is 3. The first kappa shape index (κ1) is 12.1. The first-order valence-electron chi connectivity index (χ1n) is 6.47. The van der Waals surface area contributed by atoms with E-state index in [4.69, 9.17) is 14.2 Å². The minimum Gasteiger partial charge on any atom is -0.366 e. The average molecular weight is 250 g/mol. The van der Waals surface area contributed by atoms with Gasteiger partial charge in [0.15, 0.2) is 24.2 Å². The Labute approximate surface area is 107 Å². The SMILES string of the molecule is Cc1cccc[n+]1C[C@H]1OC[C@@H]2OC(C)(C)O[C@@H]21. The molecule has 3 heterocycles. The zero-order chi connectivity index (χ0) is 12.8. The van der Waals surface area contributed by atoms with Gasteiger partial charge < -0.3 is 14.2 Å². The third-order valence-electron chi connectivity index (χ3n) is 3.61. The minimum atomic E-state index is -0.478. The molecule has 0 amide bonds. The summed E-state index contributed by atoms with van der Waals surface area (Å²) in [5, 5.41) is 0. The molecule has 0 spiro atoms. The summed E-state index contributed by atoms with van der Waals surface area (Å²) in [5.74, 6) is -0.478. The van der Waals surface area contributed by atoms with E-state index in [9.17, 15) is 0 Å². The third-order valence-corrected chi connectivity index (χ3v) is 3.61. The van der Waals surface area contributed by atoms with E-state index >= 15 is 0 Å². The predicted octanol–water partition coefficient (Wildman–Crippen LogP) is 1.20. The maximum absolute atomic E-state index is 5.94. The van der Waals surface area contributed by atoms with Crippen LogP contribution in [0.2, 0.25) is 0 Å². The molecule has 4 heteroatoms. The molecule has 0 N–H and O–H groups in total. The second kappa shape index (κ2) is 4.30. The van der Waals surface area contributed by atoms with Gasteiger partial charge in [0.1, 0.15) is 18.3 Å². The van der Waals surface area contributed by atoms with Crippen molar-refractivity contribution in [3.05, 3.63) is 30.1 Å². The quantitative estimate of drug-likeness (QED) is 0.739. The van der Waals surface area contributed by atoms with Crippen LogP contribution in [0.4, 0.5) is 0 Å². The minimum absolute atomic E-state index is 0.0482. The number of aromatic nitrogens is 1. The molecule has 98 valence electrons. The zero-order valence-electron chi connectivity index (χ0n) is 11.1. The van der Waals surface area contributed by atoms with Crippen molar-refractivity contribution in [3.8, 4) is 0 Å². The Hall–Kier alpha value is -0.970. The molecule has 2 fully saturated rings. The number of hydrogen-bond donors (Lipinski definition) is 0. The van der Waals surface area contributed by atoms with E-state index in [1.807, 2.05) is 26.0 Å². The van der Waals surface area contributed by atoms with Gasteiger partial charge in [-0.15, -0.1) is 0 Å². The zero-order valence-corrected chi connectivity index (χ0v) is 11.1. The smallest absolute Gasteiger partial charge is 0.178 e. The van der Waals surface area contributed by atoms with Crippen molar-refractivity contribution in [2.75, 3.05) is 6.61 Å². The van der Waals surface area contributed by atoms with Crippen molar-refractivity contribution in [2.45, 2.75) is 51.4 Å². The molecule has 18 heavy (non-hydrogen) atoms. The number of hydrogen-bond acceptors (Lipinski definition) is 3. The van der Waals surface area contributed by atoms with Crippen LogP contribution in [0.5, 0.6) is 0 Å². The van der Waals surface area contributed by atoms with Crippen LogP contribution >= 0.6 is 0 Å². The molecular formula is C14H20NO3+. The van der Waals surface area contributed by atoms with Crippen molar-refractivity contribution in [2.24, 2.45) is 0 Å². The second-order valence-electron chi connectivity index (χ2n) is 5.50. The van der Waals surface area contributed by atoms with E-state index in [0.717, 1.165) is 6.54 Å². The largest absolute Gasteiger partial charge is 0.366 e. The summed E-state index contributed by atoms with van der Waals surface area (Å²) in [6.07, 6.45) is 2.28. The van der Waals surface area contributed by atoms with E-state index in [2.05, 4.69) is 23.8 Å². The highest BCUT2D eigenvalue weighted by Gasteiger charge is 2.51. The van der Waals surface area contributed by atoms with E-state index in [0.29, 0.717) is 6.61 Å². The summed E-state index contributed by atoms with van der Waals surface area (Å²) < 4.78 is 19.7. The van der Waals surface area contributed by atoms with Gasteiger partial charge in [-0.2, -0.15) is 4.57 Å². The molecule has 0 aliphatic carbocycles. The van der Waals surface area contributed by atoms with Gasteiger partial charge in [-0.05, 0) is 13.8 Å². The Kier molecular flexibility index (Phi) is 2.88. The van der Waals surface area contributed by atoms with Crippen molar-refractivity contribution < 1.29 is 18.8 Å². The van der Waals surface area contributed by atoms with Crippen LogP contribution in [0, 0.1) is 6.92 Å². The van der Waals surface area contributed by atoms with Gasteiger partial charge in [-0.1, -0.05) is 6.07 Å².